The highest BCUT2D eigenvalue weighted by Gasteiger charge is 2.30. The first-order valence-corrected chi connectivity index (χ1v) is 14.5. The van der Waals surface area contributed by atoms with Gasteiger partial charge in [0.15, 0.2) is 0 Å². The van der Waals surface area contributed by atoms with Crippen LogP contribution in [0.15, 0.2) is 77.7 Å². The lowest BCUT2D eigenvalue weighted by Gasteiger charge is -2.24. The molecule has 2 aliphatic rings. The normalized spacial score (nSPS) is 17.7. The van der Waals surface area contributed by atoms with Crippen LogP contribution in [0.3, 0.4) is 0 Å². The highest BCUT2D eigenvalue weighted by molar-refractivity contribution is 5.88. The van der Waals surface area contributed by atoms with E-state index in [4.69, 9.17) is 15.2 Å². The van der Waals surface area contributed by atoms with Crippen LogP contribution in [0.2, 0.25) is 0 Å². The number of ether oxygens (including phenoxy) is 2. The van der Waals surface area contributed by atoms with Gasteiger partial charge in [-0.1, -0.05) is 12.5 Å². The first-order chi connectivity index (χ1) is 20.5. The molecule has 4 aromatic rings. The average Bonchev–Trinajstić information content (AvgIpc) is 3.61. The predicted octanol–water partition coefficient (Wildman–Crippen LogP) is 4.39. The second kappa shape index (κ2) is 12.1. The van der Waals surface area contributed by atoms with Crippen molar-refractivity contribution in [2.24, 2.45) is 0 Å². The summed E-state index contributed by atoms with van der Waals surface area (Å²) in [6.45, 7) is 4.03. The van der Waals surface area contributed by atoms with Crippen molar-refractivity contribution >= 4 is 22.8 Å². The quantitative estimate of drug-likeness (QED) is 0.314. The van der Waals surface area contributed by atoms with E-state index in [9.17, 15) is 9.59 Å². The van der Waals surface area contributed by atoms with Crippen molar-refractivity contribution in [3.63, 3.8) is 0 Å². The van der Waals surface area contributed by atoms with Gasteiger partial charge in [0.2, 0.25) is 5.91 Å². The molecule has 0 saturated carbocycles. The van der Waals surface area contributed by atoms with Gasteiger partial charge in [-0.2, -0.15) is 0 Å². The zero-order valence-corrected chi connectivity index (χ0v) is 23.8. The Morgan fingerprint density at radius 1 is 0.976 bits per heavy atom. The molecular formula is C32H36N6O4. The van der Waals surface area contributed by atoms with Crippen LogP contribution in [0.5, 0.6) is 17.2 Å². The fourth-order valence-electron chi connectivity index (χ4n) is 5.93. The summed E-state index contributed by atoms with van der Waals surface area (Å²) in [5.74, 6) is 2.31. The van der Waals surface area contributed by atoms with E-state index in [1.54, 1.807) is 28.5 Å². The zero-order chi connectivity index (χ0) is 29.1. The molecule has 0 radical (unpaired) electrons. The van der Waals surface area contributed by atoms with E-state index in [2.05, 4.69) is 9.88 Å². The van der Waals surface area contributed by atoms with Gasteiger partial charge in [-0.15, -0.1) is 0 Å². The molecule has 2 aromatic heterocycles. The number of likely N-dealkylation sites (tertiary alicyclic amines) is 2. The number of pyridine rings is 1. The third-order valence-electron chi connectivity index (χ3n) is 8.11. The number of rotatable bonds is 8. The topological polar surface area (TPSA) is 108 Å². The van der Waals surface area contributed by atoms with Crippen LogP contribution < -0.4 is 20.9 Å². The second-order valence-electron chi connectivity index (χ2n) is 10.8. The number of piperidine rings is 1. The fraction of sp³-hybridized carbons (Fsp3) is 0.344. The number of benzene rings is 2. The Kier molecular flexibility index (Phi) is 7.96. The number of amides is 1. The largest absolute Gasteiger partial charge is 0.497 e. The molecule has 0 aliphatic carbocycles. The molecule has 0 bridgehead atoms. The van der Waals surface area contributed by atoms with Crippen LogP contribution in [0.4, 0.5) is 5.82 Å². The molecule has 10 heteroatoms. The van der Waals surface area contributed by atoms with Crippen LogP contribution in [-0.2, 0) is 4.79 Å². The molecule has 218 valence electrons. The van der Waals surface area contributed by atoms with Crippen LogP contribution in [0.25, 0.3) is 16.7 Å². The van der Waals surface area contributed by atoms with Gasteiger partial charge in [0.05, 0.1) is 24.4 Å². The summed E-state index contributed by atoms with van der Waals surface area (Å²) >= 11 is 0. The van der Waals surface area contributed by atoms with Gasteiger partial charge in [0.25, 0.3) is 0 Å². The van der Waals surface area contributed by atoms with Crippen LogP contribution in [-0.4, -0.2) is 69.7 Å². The summed E-state index contributed by atoms with van der Waals surface area (Å²) < 4.78 is 14.5. The number of anilines is 1. The van der Waals surface area contributed by atoms with Crippen molar-refractivity contribution in [3.05, 3.63) is 83.4 Å². The first kappa shape index (κ1) is 27.6. The van der Waals surface area contributed by atoms with Crippen LogP contribution in [0, 0.1) is 0 Å². The van der Waals surface area contributed by atoms with Crippen LogP contribution >= 0.6 is 0 Å². The number of hydrogen-bond acceptors (Lipinski definition) is 7. The summed E-state index contributed by atoms with van der Waals surface area (Å²) in [6.07, 6.45) is 9.68. The van der Waals surface area contributed by atoms with Gasteiger partial charge < -0.3 is 20.1 Å². The number of nitrogens with zero attached hydrogens (tertiary/aromatic N) is 5. The Morgan fingerprint density at radius 2 is 1.67 bits per heavy atom. The number of aromatic nitrogens is 3. The second-order valence-corrected chi connectivity index (χ2v) is 10.8. The third-order valence-corrected chi connectivity index (χ3v) is 8.11. The standard InChI is InChI=1S/C32H36N6O4/c1-41-25-11-13-27(14-12-25)42-26-9-7-23(8-10-26)38-30-28(15-17-34-31(30)33)37(32(38)40)24-16-21-36(22-24)29(39)6-5-20-35-18-3-2-4-19-35/h5-15,17,24H,2-4,16,18-22H2,1H3,(H2,33,34)/b6-5+/t24-/m1/s1. The Morgan fingerprint density at radius 3 is 2.38 bits per heavy atom. The Labute approximate surface area is 244 Å². The van der Waals surface area contributed by atoms with Crippen molar-refractivity contribution < 1.29 is 14.3 Å². The lowest BCUT2D eigenvalue weighted by Crippen LogP contribution is -2.32. The van der Waals surface area contributed by atoms with Crippen LogP contribution in [0.1, 0.15) is 31.7 Å². The number of methoxy groups -OCH3 is 1. The van der Waals surface area contributed by atoms with E-state index in [0.29, 0.717) is 47.7 Å². The maximum Gasteiger partial charge on any atom is 0.334 e. The van der Waals surface area contributed by atoms with Gasteiger partial charge in [-0.3, -0.25) is 18.8 Å². The molecule has 4 heterocycles. The molecule has 2 saturated heterocycles. The van der Waals surface area contributed by atoms with Gasteiger partial charge >= 0.3 is 5.69 Å². The maximum atomic E-state index is 14.0. The van der Waals surface area contributed by atoms with Crippen molar-refractivity contribution in [2.45, 2.75) is 31.7 Å². The fourth-order valence-corrected chi connectivity index (χ4v) is 5.93. The lowest BCUT2D eigenvalue weighted by atomic mass is 10.1. The van der Waals surface area contributed by atoms with E-state index in [1.807, 2.05) is 65.6 Å². The number of carbonyl (C=O) groups excluding carboxylic acids is 1. The third kappa shape index (κ3) is 5.62. The highest BCUT2D eigenvalue weighted by atomic mass is 16.5. The molecule has 10 nitrogen and oxygen atoms in total. The number of carbonyl (C=O) groups is 1. The van der Waals surface area contributed by atoms with Gasteiger partial charge in [-0.05, 0) is 86.9 Å². The molecule has 0 unspecified atom stereocenters. The summed E-state index contributed by atoms with van der Waals surface area (Å²) in [7, 11) is 1.62. The van der Waals surface area contributed by atoms with Crippen molar-refractivity contribution in [1.29, 1.82) is 0 Å². The molecule has 6 rings (SSSR count). The summed E-state index contributed by atoms with van der Waals surface area (Å²) in [4.78, 5) is 35.4. The number of fused-ring (bicyclic) bond motifs is 1. The smallest absolute Gasteiger partial charge is 0.334 e. The minimum Gasteiger partial charge on any atom is -0.497 e. The Balaban J connectivity index is 1.22. The summed E-state index contributed by atoms with van der Waals surface area (Å²) in [5.41, 5.74) is 8.02. The zero-order valence-electron chi connectivity index (χ0n) is 23.8. The number of hydrogen-bond donors (Lipinski definition) is 1. The minimum absolute atomic E-state index is 0.0140. The molecule has 2 aromatic carbocycles. The minimum atomic E-state index is -0.214. The summed E-state index contributed by atoms with van der Waals surface area (Å²) in [6, 6.07) is 16.3. The van der Waals surface area contributed by atoms with E-state index >= 15 is 0 Å². The molecule has 42 heavy (non-hydrogen) atoms. The molecule has 1 amide bonds. The SMILES string of the molecule is COc1ccc(Oc2ccc(-n3c(=O)n([C@@H]4CCN(C(=O)/C=C/CN5CCCCC5)C4)c4ccnc(N)c43)cc2)cc1. The van der Waals surface area contributed by atoms with Crippen molar-refractivity contribution in [3.8, 4) is 22.9 Å². The highest BCUT2D eigenvalue weighted by Crippen LogP contribution is 2.30. The molecule has 1 atom stereocenters. The van der Waals surface area contributed by atoms with E-state index in [-0.39, 0.29) is 23.5 Å². The number of nitrogen functional groups attached to an aromatic ring is 1. The predicted molar refractivity (Wildman–Crippen MR) is 162 cm³/mol. The van der Waals surface area contributed by atoms with E-state index < -0.39 is 0 Å². The van der Waals surface area contributed by atoms with E-state index in [1.165, 1.54) is 19.3 Å². The monoisotopic (exact) mass is 568 g/mol. The van der Waals surface area contributed by atoms with Gasteiger partial charge in [0.1, 0.15) is 28.6 Å². The molecule has 0 spiro atoms. The van der Waals surface area contributed by atoms with Crippen molar-refractivity contribution in [2.75, 3.05) is 45.6 Å². The summed E-state index contributed by atoms with van der Waals surface area (Å²) in [5, 5.41) is 0. The van der Waals surface area contributed by atoms with Gasteiger partial charge in [0, 0.05) is 31.9 Å². The van der Waals surface area contributed by atoms with Crippen molar-refractivity contribution in [1.82, 2.24) is 23.9 Å². The average molecular weight is 569 g/mol. The Bertz CT molecular complexity index is 1630. The van der Waals surface area contributed by atoms with E-state index in [0.717, 1.165) is 25.4 Å². The molecule has 2 aliphatic heterocycles. The maximum absolute atomic E-state index is 14.0. The number of imidazole rings is 1. The molecular weight excluding hydrogens is 532 g/mol. The number of nitrogens with two attached hydrogens (primary N) is 1. The van der Waals surface area contributed by atoms with Gasteiger partial charge in [-0.25, -0.2) is 9.78 Å². The Hall–Kier alpha value is -4.57. The molecule has 2 N–H and O–H groups in total. The lowest BCUT2D eigenvalue weighted by molar-refractivity contribution is -0.125. The molecule has 2 fully saturated rings. The first-order valence-electron chi connectivity index (χ1n) is 14.5.